The Balaban J connectivity index is 3.55. The van der Waals surface area contributed by atoms with Crippen LogP contribution in [0.15, 0.2) is 0 Å². The molecular weight excluding hydrogens is 220 g/mol. The van der Waals surface area contributed by atoms with Crippen molar-refractivity contribution < 1.29 is 19.1 Å². The standard InChI is InChI=1S/C13H24O4/c1-4-6-7-12(14)17-10-11(3)8-9-13(15)16-5-2/h11H,4-10H2,1-3H3. The van der Waals surface area contributed by atoms with Crippen LogP contribution >= 0.6 is 0 Å². The Morgan fingerprint density at radius 3 is 2.29 bits per heavy atom. The summed E-state index contributed by atoms with van der Waals surface area (Å²) < 4.78 is 9.93. The maximum absolute atomic E-state index is 11.2. The lowest BCUT2D eigenvalue weighted by Gasteiger charge is -2.11. The highest BCUT2D eigenvalue weighted by molar-refractivity contribution is 5.69. The highest BCUT2D eigenvalue weighted by Gasteiger charge is 2.10. The average molecular weight is 244 g/mol. The zero-order valence-corrected chi connectivity index (χ0v) is 11.2. The molecule has 4 heteroatoms. The Hall–Kier alpha value is -1.06. The first-order chi connectivity index (χ1) is 8.10. The van der Waals surface area contributed by atoms with Crippen molar-refractivity contribution in [1.82, 2.24) is 0 Å². The molecule has 0 fully saturated rings. The second kappa shape index (κ2) is 10.1. The van der Waals surface area contributed by atoms with Crippen molar-refractivity contribution in [1.29, 1.82) is 0 Å². The van der Waals surface area contributed by atoms with E-state index in [1.807, 2.05) is 13.8 Å². The fourth-order valence-corrected chi connectivity index (χ4v) is 1.31. The molecule has 0 amide bonds. The summed E-state index contributed by atoms with van der Waals surface area (Å²) in [5.41, 5.74) is 0. The number of hydrogen-bond donors (Lipinski definition) is 0. The summed E-state index contributed by atoms with van der Waals surface area (Å²) in [5.74, 6) is -0.128. The number of carbonyl (C=O) groups excluding carboxylic acids is 2. The molecule has 0 aliphatic heterocycles. The summed E-state index contributed by atoms with van der Waals surface area (Å²) in [5, 5.41) is 0. The smallest absolute Gasteiger partial charge is 0.305 e. The number of rotatable bonds is 9. The summed E-state index contributed by atoms with van der Waals surface area (Å²) in [4.78, 5) is 22.3. The third-order valence-electron chi connectivity index (χ3n) is 2.41. The summed E-state index contributed by atoms with van der Waals surface area (Å²) in [6, 6.07) is 0. The van der Waals surface area contributed by atoms with Gasteiger partial charge in [0.15, 0.2) is 0 Å². The van der Waals surface area contributed by atoms with Gasteiger partial charge in [-0.3, -0.25) is 9.59 Å². The fourth-order valence-electron chi connectivity index (χ4n) is 1.31. The van der Waals surface area contributed by atoms with E-state index < -0.39 is 0 Å². The lowest BCUT2D eigenvalue weighted by Crippen LogP contribution is -2.13. The first-order valence-electron chi connectivity index (χ1n) is 6.41. The predicted octanol–water partition coefficient (Wildman–Crippen LogP) is 2.70. The highest BCUT2D eigenvalue weighted by atomic mass is 16.5. The Morgan fingerprint density at radius 1 is 1.06 bits per heavy atom. The molecule has 0 radical (unpaired) electrons. The van der Waals surface area contributed by atoms with Crippen LogP contribution in [0.4, 0.5) is 0 Å². The Labute approximate surface area is 104 Å². The normalized spacial score (nSPS) is 11.9. The average Bonchev–Trinajstić information content (AvgIpc) is 2.31. The van der Waals surface area contributed by atoms with Crippen LogP contribution < -0.4 is 0 Å². The molecule has 17 heavy (non-hydrogen) atoms. The number of esters is 2. The maximum Gasteiger partial charge on any atom is 0.305 e. The van der Waals surface area contributed by atoms with Gasteiger partial charge >= 0.3 is 11.9 Å². The Morgan fingerprint density at radius 2 is 1.71 bits per heavy atom. The molecule has 0 aromatic rings. The van der Waals surface area contributed by atoms with Crippen molar-refractivity contribution in [3.63, 3.8) is 0 Å². The zero-order valence-electron chi connectivity index (χ0n) is 11.2. The molecule has 100 valence electrons. The summed E-state index contributed by atoms with van der Waals surface area (Å²) in [7, 11) is 0. The van der Waals surface area contributed by atoms with Crippen molar-refractivity contribution in [2.24, 2.45) is 5.92 Å². The van der Waals surface area contributed by atoms with Crippen LogP contribution in [0.25, 0.3) is 0 Å². The van der Waals surface area contributed by atoms with Gasteiger partial charge in [-0.05, 0) is 25.7 Å². The van der Waals surface area contributed by atoms with Gasteiger partial charge in [0.1, 0.15) is 0 Å². The molecule has 1 unspecified atom stereocenters. The molecule has 0 saturated heterocycles. The largest absolute Gasteiger partial charge is 0.466 e. The van der Waals surface area contributed by atoms with Crippen LogP contribution in [0, 0.1) is 5.92 Å². The van der Waals surface area contributed by atoms with Crippen molar-refractivity contribution in [2.75, 3.05) is 13.2 Å². The molecule has 0 aliphatic carbocycles. The lowest BCUT2D eigenvalue weighted by atomic mass is 10.1. The number of ether oxygens (including phenoxy) is 2. The number of hydrogen-bond acceptors (Lipinski definition) is 4. The van der Waals surface area contributed by atoms with Crippen molar-refractivity contribution >= 4 is 11.9 Å². The van der Waals surface area contributed by atoms with Gasteiger partial charge in [-0.1, -0.05) is 20.3 Å². The topological polar surface area (TPSA) is 52.6 Å². The molecule has 0 spiro atoms. The van der Waals surface area contributed by atoms with Crippen molar-refractivity contribution in [3.8, 4) is 0 Å². The molecule has 4 nitrogen and oxygen atoms in total. The highest BCUT2D eigenvalue weighted by Crippen LogP contribution is 2.08. The second-order valence-corrected chi connectivity index (χ2v) is 4.24. The van der Waals surface area contributed by atoms with Crippen molar-refractivity contribution in [3.05, 3.63) is 0 Å². The Bertz CT molecular complexity index is 225. The SMILES string of the molecule is CCCCC(=O)OCC(C)CCC(=O)OCC. The van der Waals surface area contributed by atoms with E-state index in [4.69, 9.17) is 9.47 Å². The summed E-state index contributed by atoms with van der Waals surface area (Å²) in [6.07, 6.45) is 3.44. The monoisotopic (exact) mass is 244 g/mol. The van der Waals surface area contributed by atoms with E-state index in [2.05, 4.69) is 0 Å². The Kier molecular flexibility index (Phi) is 9.49. The molecule has 0 heterocycles. The minimum atomic E-state index is -0.184. The first-order valence-corrected chi connectivity index (χ1v) is 6.41. The number of unbranched alkanes of at least 4 members (excludes halogenated alkanes) is 1. The van der Waals surface area contributed by atoms with Gasteiger partial charge in [-0.15, -0.1) is 0 Å². The van der Waals surface area contributed by atoms with E-state index in [-0.39, 0.29) is 17.9 Å². The van der Waals surface area contributed by atoms with E-state index in [0.29, 0.717) is 32.5 Å². The van der Waals surface area contributed by atoms with E-state index in [9.17, 15) is 9.59 Å². The first kappa shape index (κ1) is 15.9. The van der Waals surface area contributed by atoms with Crippen LogP contribution in [0.2, 0.25) is 0 Å². The van der Waals surface area contributed by atoms with E-state index in [1.165, 1.54) is 0 Å². The van der Waals surface area contributed by atoms with Gasteiger partial charge in [0.2, 0.25) is 0 Å². The molecule has 0 aliphatic rings. The third kappa shape index (κ3) is 9.85. The van der Waals surface area contributed by atoms with Gasteiger partial charge in [-0.25, -0.2) is 0 Å². The van der Waals surface area contributed by atoms with Crippen molar-refractivity contribution in [2.45, 2.75) is 52.9 Å². The van der Waals surface area contributed by atoms with E-state index in [1.54, 1.807) is 6.92 Å². The fraction of sp³-hybridized carbons (Fsp3) is 0.846. The predicted molar refractivity (Wildman–Crippen MR) is 65.5 cm³/mol. The van der Waals surface area contributed by atoms with Crippen LogP contribution in [0.5, 0.6) is 0 Å². The van der Waals surface area contributed by atoms with Crippen LogP contribution in [0.3, 0.4) is 0 Å². The maximum atomic E-state index is 11.2. The van der Waals surface area contributed by atoms with E-state index >= 15 is 0 Å². The molecule has 0 bridgehead atoms. The van der Waals surface area contributed by atoms with Gasteiger partial charge in [-0.2, -0.15) is 0 Å². The molecule has 0 aromatic carbocycles. The summed E-state index contributed by atoms with van der Waals surface area (Å²) >= 11 is 0. The molecule has 0 N–H and O–H groups in total. The third-order valence-corrected chi connectivity index (χ3v) is 2.41. The molecular formula is C13H24O4. The van der Waals surface area contributed by atoms with Crippen LogP contribution in [0.1, 0.15) is 52.9 Å². The van der Waals surface area contributed by atoms with E-state index in [0.717, 1.165) is 12.8 Å². The van der Waals surface area contributed by atoms with Gasteiger partial charge in [0.05, 0.1) is 13.2 Å². The lowest BCUT2D eigenvalue weighted by molar-refractivity contribution is -0.145. The quantitative estimate of drug-likeness (QED) is 0.585. The second-order valence-electron chi connectivity index (χ2n) is 4.24. The summed E-state index contributed by atoms with van der Waals surface area (Å²) in [6.45, 7) is 6.60. The van der Waals surface area contributed by atoms with Gasteiger partial charge < -0.3 is 9.47 Å². The minimum absolute atomic E-state index is 0.144. The minimum Gasteiger partial charge on any atom is -0.466 e. The number of carbonyl (C=O) groups is 2. The molecule has 0 aromatic heterocycles. The molecule has 0 rings (SSSR count). The van der Waals surface area contributed by atoms with Crippen LogP contribution in [-0.4, -0.2) is 25.2 Å². The van der Waals surface area contributed by atoms with Gasteiger partial charge in [0, 0.05) is 12.8 Å². The zero-order chi connectivity index (χ0) is 13.1. The van der Waals surface area contributed by atoms with Gasteiger partial charge in [0.25, 0.3) is 0 Å². The molecule has 0 saturated carbocycles. The molecule has 1 atom stereocenters. The van der Waals surface area contributed by atoms with Crippen LogP contribution in [-0.2, 0) is 19.1 Å².